The van der Waals surface area contributed by atoms with Crippen molar-refractivity contribution >= 4 is 40.3 Å². The summed E-state index contributed by atoms with van der Waals surface area (Å²) in [5, 5.41) is 15.4. The number of nitro groups is 1. The van der Waals surface area contributed by atoms with E-state index in [4.69, 9.17) is 4.74 Å². The molecular formula is C18H21N3O4S2. The highest BCUT2D eigenvalue weighted by atomic mass is 32.2. The predicted octanol–water partition coefficient (Wildman–Crippen LogP) is 4.05. The first-order valence-electron chi connectivity index (χ1n) is 8.69. The predicted molar refractivity (Wildman–Crippen MR) is 108 cm³/mol. The smallest absolute Gasteiger partial charge is 0.338 e. The van der Waals surface area contributed by atoms with Crippen molar-refractivity contribution in [3.8, 4) is 0 Å². The van der Waals surface area contributed by atoms with Crippen molar-refractivity contribution in [3.05, 3.63) is 45.1 Å². The van der Waals surface area contributed by atoms with Crippen molar-refractivity contribution in [2.75, 3.05) is 18.6 Å². The minimum Gasteiger partial charge on any atom is -0.462 e. The molecule has 0 spiro atoms. The van der Waals surface area contributed by atoms with Gasteiger partial charge in [-0.3, -0.25) is 10.1 Å². The van der Waals surface area contributed by atoms with Crippen molar-refractivity contribution in [2.45, 2.75) is 37.1 Å². The molecule has 144 valence electrons. The largest absolute Gasteiger partial charge is 0.462 e. The molecule has 2 aliphatic rings. The number of hydrogen-bond acceptors (Lipinski definition) is 8. The van der Waals surface area contributed by atoms with Crippen LogP contribution in [0.1, 0.15) is 37.8 Å². The number of hydrogen-bond donors (Lipinski definition) is 1. The van der Waals surface area contributed by atoms with Gasteiger partial charge in [0.05, 0.1) is 22.0 Å². The first-order valence-corrected chi connectivity index (χ1v) is 10.9. The van der Waals surface area contributed by atoms with E-state index in [2.05, 4.69) is 10.3 Å². The number of carbonyl (C=O) groups excluding carboxylic acids is 1. The molecule has 0 saturated heterocycles. The maximum Gasteiger partial charge on any atom is 0.338 e. The van der Waals surface area contributed by atoms with Crippen molar-refractivity contribution < 1.29 is 14.5 Å². The van der Waals surface area contributed by atoms with Crippen LogP contribution < -0.4 is 5.32 Å². The minimum atomic E-state index is -0.622. The summed E-state index contributed by atoms with van der Waals surface area (Å²) in [4.78, 5) is 29.2. The molecule has 2 aliphatic heterocycles. The molecular weight excluding hydrogens is 386 g/mol. The highest BCUT2D eigenvalue weighted by Crippen LogP contribution is 2.42. The average molecular weight is 408 g/mol. The van der Waals surface area contributed by atoms with Crippen molar-refractivity contribution in [3.63, 3.8) is 0 Å². The van der Waals surface area contributed by atoms with Crippen LogP contribution in [0, 0.1) is 10.1 Å². The summed E-state index contributed by atoms with van der Waals surface area (Å²) in [7, 11) is 0. The number of rotatable bonds is 1. The Morgan fingerprint density at radius 2 is 2.19 bits per heavy atom. The number of carbonyl (C=O) groups is 1. The lowest BCUT2D eigenvalue weighted by atomic mass is 9.96. The van der Waals surface area contributed by atoms with Crippen LogP contribution in [-0.4, -0.2) is 34.7 Å². The molecule has 3 rings (SSSR count). The van der Waals surface area contributed by atoms with Crippen LogP contribution in [-0.2, 0) is 9.53 Å². The van der Waals surface area contributed by atoms with E-state index in [0.29, 0.717) is 33.5 Å². The molecule has 0 aliphatic carbocycles. The van der Waals surface area contributed by atoms with E-state index in [1.807, 2.05) is 19.2 Å². The quantitative estimate of drug-likeness (QED) is 0.426. The first-order chi connectivity index (χ1) is 13.0. The molecule has 7 nitrogen and oxygen atoms in total. The molecule has 27 heavy (non-hydrogen) atoms. The summed E-state index contributed by atoms with van der Waals surface area (Å²) in [6, 6.07) is 4.35. The van der Waals surface area contributed by atoms with Gasteiger partial charge >= 0.3 is 5.97 Å². The van der Waals surface area contributed by atoms with E-state index in [-0.39, 0.29) is 10.6 Å². The molecule has 2 heterocycles. The van der Waals surface area contributed by atoms with Gasteiger partial charge in [0.25, 0.3) is 5.69 Å². The Hall–Kier alpha value is -2.00. The summed E-state index contributed by atoms with van der Waals surface area (Å²) in [5.74, 6) is 0.352. The van der Waals surface area contributed by atoms with Crippen LogP contribution >= 0.6 is 23.5 Å². The van der Waals surface area contributed by atoms with Crippen LogP contribution in [0.3, 0.4) is 0 Å². The summed E-state index contributed by atoms with van der Waals surface area (Å²) < 4.78 is 5.46. The normalized spacial score (nSPS) is 20.9. The number of esters is 1. The molecule has 1 aromatic carbocycles. The van der Waals surface area contributed by atoms with Crippen molar-refractivity contribution in [1.29, 1.82) is 0 Å². The van der Waals surface area contributed by atoms with Gasteiger partial charge in [0, 0.05) is 17.3 Å². The van der Waals surface area contributed by atoms with Gasteiger partial charge in [-0.2, -0.15) is 0 Å². The summed E-state index contributed by atoms with van der Waals surface area (Å²) in [5.41, 5.74) is 1.81. The number of aliphatic imine (C=N–C) groups is 1. The van der Waals surface area contributed by atoms with Crippen LogP contribution in [0.15, 0.2) is 39.4 Å². The summed E-state index contributed by atoms with van der Waals surface area (Å²) in [6.45, 7) is 2.18. The number of thioether (sulfide) groups is 2. The number of allylic oxidation sites excluding steroid dienone is 1. The highest BCUT2D eigenvalue weighted by molar-refractivity contribution is 8.13. The van der Waals surface area contributed by atoms with E-state index >= 15 is 0 Å². The lowest BCUT2D eigenvalue weighted by Crippen LogP contribution is -2.30. The Balaban J connectivity index is 2.18. The second-order valence-corrected chi connectivity index (χ2v) is 8.10. The van der Waals surface area contributed by atoms with Crippen molar-refractivity contribution in [1.82, 2.24) is 5.32 Å². The molecule has 0 amide bonds. The number of nitro benzene ring substituents is 1. The molecule has 0 bridgehead atoms. The molecule has 0 saturated carbocycles. The standard InChI is InChI=1S/C18H21N3O4S2/c1-11-14-15(20-18(19-11)26-2)12-7-6-8-13(21(23)24)16(12)27-10-5-3-4-9-25-17(14)22/h6-8,15H,3-5,9-10H2,1-2H3,(H,19,20). The Bertz CT molecular complexity index is 823. The average Bonchev–Trinajstić information content (AvgIpc) is 2.65. The van der Waals surface area contributed by atoms with Gasteiger partial charge in [0.15, 0.2) is 5.17 Å². The van der Waals surface area contributed by atoms with Gasteiger partial charge in [-0.25, -0.2) is 9.79 Å². The van der Waals surface area contributed by atoms with Gasteiger partial charge in [-0.05, 0) is 38.2 Å². The topological polar surface area (TPSA) is 93.8 Å². The lowest BCUT2D eigenvalue weighted by molar-refractivity contribution is -0.387. The Labute approximate surface area is 166 Å². The molecule has 1 unspecified atom stereocenters. The second kappa shape index (κ2) is 8.79. The monoisotopic (exact) mass is 407 g/mol. The molecule has 9 heteroatoms. The van der Waals surface area contributed by atoms with Crippen LogP contribution in [0.4, 0.5) is 5.69 Å². The Morgan fingerprint density at radius 1 is 1.37 bits per heavy atom. The maximum atomic E-state index is 12.8. The number of benzene rings is 1. The third-order valence-electron chi connectivity index (χ3n) is 4.42. The van der Waals surface area contributed by atoms with Crippen LogP contribution in [0.25, 0.3) is 0 Å². The van der Waals surface area contributed by atoms with Gasteiger partial charge in [0.1, 0.15) is 6.04 Å². The zero-order chi connectivity index (χ0) is 19.4. The minimum absolute atomic E-state index is 0.0550. The molecule has 0 radical (unpaired) electrons. The third kappa shape index (κ3) is 4.30. The van der Waals surface area contributed by atoms with Crippen LogP contribution in [0.5, 0.6) is 0 Å². The number of cyclic esters (lactones) is 1. The lowest BCUT2D eigenvalue weighted by Gasteiger charge is -2.27. The number of amidine groups is 1. The second-order valence-electron chi connectivity index (χ2n) is 6.20. The fraction of sp³-hybridized carbons (Fsp3) is 0.444. The molecule has 0 aromatic heterocycles. The van der Waals surface area contributed by atoms with E-state index in [1.54, 1.807) is 6.07 Å². The zero-order valence-corrected chi connectivity index (χ0v) is 16.8. The van der Waals surface area contributed by atoms with Crippen molar-refractivity contribution in [2.24, 2.45) is 4.99 Å². The number of nitrogens with one attached hydrogen (secondary N) is 1. The fourth-order valence-corrected chi connectivity index (χ4v) is 4.75. The van der Waals surface area contributed by atoms with E-state index in [1.165, 1.54) is 29.6 Å². The van der Waals surface area contributed by atoms with E-state index < -0.39 is 12.0 Å². The van der Waals surface area contributed by atoms with E-state index in [9.17, 15) is 14.9 Å². The fourth-order valence-electron chi connectivity index (χ4n) is 3.10. The highest BCUT2D eigenvalue weighted by Gasteiger charge is 2.34. The van der Waals surface area contributed by atoms with Gasteiger partial charge < -0.3 is 10.1 Å². The van der Waals surface area contributed by atoms with Gasteiger partial charge in [-0.1, -0.05) is 23.9 Å². The molecule has 1 N–H and O–H groups in total. The number of ether oxygens (including phenoxy) is 1. The summed E-state index contributed by atoms with van der Waals surface area (Å²) in [6.07, 6.45) is 4.48. The number of nitrogens with zero attached hydrogens (tertiary/aromatic N) is 2. The zero-order valence-electron chi connectivity index (χ0n) is 15.2. The SMILES string of the molecule is CSC1=NC2C(=C(C)N1)C(=O)OCCCCCSc1c2cccc1[N+](=O)[O-]. The summed E-state index contributed by atoms with van der Waals surface area (Å²) >= 11 is 2.90. The third-order valence-corrected chi connectivity index (χ3v) is 6.24. The molecule has 0 fully saturated rings. The van der Waals surface area contributed by atoms with Crippen LogP contribution in [0.2, 0.25) is 0 Å². The first kappa shape index (κ1) is 19.8. The number of fused-ring (bicyclic) bond motifs is 3. The van der Waals surface area contributed by atoms with E-state index in [0.717, 1.165) is 25.0 Å². The molecule has 1 atom stereocenters. The Morgan fingerprint density at radius 3 is 2.93 bits per heavy atom. The Kier molecular flexibility index (Phi) is 6.43. The molecule has 1 aromatic rings. The van der Waals surface area contributed by atoms with Gasteiger partial charge in [0.2, 0.25) is 0 Å². The van der Waals surface area contributed by atoms with Gasteiger partial charge in [-0.15, -0.1) is 11.8 Å². The maximum absolute atomic E-state index is 12.8.